The summed E-state index contributed by atoms with van der Waals surface area (Å²) in [5, 5.41) is 1.06. The molecule has 1 aliphatic rings. The summed E-state index contributed by atoms with van der Waals surface area (Å²) in [4.78, 5) is 33.3. The van der Waals surface area contributed by atoms with Crippen LogP contribution in [-0.2, 0) is 17.7 Å². The lowest BCUT2D eigenvalue weighted by Gasteiger charge is -2.32. The van der Waals surface area contributed by atoms with Crippen LogP contribution in [0.2, 0.25) is 0 Å². The number of hydrogen-bond donors (Lipinski definition) is 0. The van der Waals surface area contributed by atoms with Crippen LogP contribution >= 0.6 is 30.3 Å². The summed E-state index contributed by atoms with van der Waals surface area (Å²) >= 11 is 2.27. The predicted octanol–water partition coefficient (Wildman–Crippen LogP) is 7.52. The molecule has 3 heterocycles. The first-order valence-corrected chi connectivity index (χ1v) is 16.5. The Labute approximate surface area is 251 Å². The number of aromatic nitrogens is 2. The van der Waals surface area contributed by atoms with Gasteiger partial charge in [-0.25, -0.2) is 9.78 Å². The Morgan fingerprint density at radius 2 is 1.77 bits per heavy atom. The Kier molecular flexibility index (Phi) is 7.89. The monoisotopic (exact) mass is 668 g/mol. The molecule has 2 aromatic heterocycles. The quantitative estimate of drug-likeness (QED) is 0.211. The summed E-state index contributed by atoms with van der Waals surface area (Å²) in [6.07, 6.45) is 4.56. The van der Waals surface area contributed by atoms with E-state index in [0.29, 0.717) is 18.7 Å². The Morgan fingerprint density at radius 3 is 2.42 bits per heavy atom. The van der Waals surface area contributed by atoms with E-state index < -0.39 is 5.60 Å². The van der Waals surface area contributed by atoms with Crippen molar-refractivity contribution in [2.45, 2.75) is 46.3 Å². The lowest BCUT2D eigenvalue weighted by molar-refractivity contribution is 0.0223. The van der Waals surface area contributed by atoms with Crippen molar-refractivity contribution in [3.63, 3.8) is 0 Å². The third-order valence-corrected chi connectivity index (χ3v) is 8.79. The van der Waals surface area contributed by atoms with Gasteiger partial charge in [0, 0.05) is 92.0 Å². The minimum absolute atomic E-state index is 0.0160. The van der Waals surface area contributed by atoms with Crippen LogP contribution in [0, 0.1) is 6.92 Å². The highest BCUT2D eigenvalue weighted by atomic mass is 127. The maximum Gasteiger partial charge on any atom is 0.410 e. The van der Waals surface area contributed by atoms with Crippen LogP contribution in [0.5, 0.6) is 0 Å². The van der Waals surface area contributed by atoms with E-state index in [0.717, 1.165) is 45.3 Å². The van der Waals surface area contributed by atoms with E-state index in [-0.39, 0.29) is 12.0 Å². The molecule has 0 bridgehead atoms. The molecule has 0 atom stereocenters. The summed E-state index contributed by atoms with van der Waals surface area (Å²) in [6, 6.07) is 14.4. The third kappa shape index (κ3) is 5.72. The van der Waals surface area contributed by atoms with Gasteiger partial charge in [-0.05, 0) is 80.1 Å². The lowest BCUT2D eigenvalue weighted by atomic mass is 9.91. The number of aryl methyl sites for hydroxylation is 1. The molecule has 4 aromatic rings. The molecule has 40 heavy (non-hydrogen) atoms. The van der Waals surface area contributed by atoms with Gasteiger partial charge in [0.25, 0.3) is 5.91 Å². The van der Waals surface area contributed by atoms with Gasteiger partial charge >= 0.3 is 6.09 Å². The van der Waals surface area contributed by atoms with E-state index in [1.807, 2.05) is 51.2 Å². The fraction of sp³-hybridized carbons (Fsp3) is 0.323. The van der Waals surface area contributed by atoms with E-state index in [9.17, 15) is 9.59 Å². The fourth-order valence-corrected chi connectivity index (χ4v) is 6.34. The maximum absolute atomic E-state index is 12.7. The number of benzene rings is 2. The molecular weight excluding hydrogens is 635 g/mol. The van der Waals surface area contributed by atoms with Gasteiger partial charge in [0.1, 0.15) is 5.60 Å². The highest BCUT2D eigenvalue weighted by Crippen LogP contribution is 2.37. The minimum Gasteiger partial charge on any atom is -0.444 e. The molecule has 0 N–H and O–H groups in total. The smallest absolute Gasteiger partial charge is 0.410 e. The molecule has 9 heteroatoms. The number of pyridine rings is 1. The first kappa shape index (κ1) is 28.5. The van der Waals surface area contributed by atoms with Crippen molar-refractivity contribution in [2.75, 3.05) is 20.6 Å². The molecule has 0 fully saturated rings. The largest absolute Gasteiger partial charge is 0.444 e. The molecule has 0 radical (unpaired) electrons. The second kappa shape index (κ2) is 11.1. The van der Waals surface area contributed by atoms with Crippen molar-refractivity contribution in [2.24, 2.45) is 0 Å². The van der Waals surface area contributed by atoms with Crippen molar-refractivity contribution in [3.05, 3.63) is 77.1 Å². The normalized spacial score (nSPS) is 13.3. The average molecular weight is 669 g/mol. The minimum atomic E-state index is -0.513. The first-order valence-electron chi connectivity index (χ1n) is 13.2. The van der Waals surface area contributed by atoms with E-state index >= 15 is 0 Å². The number of halogens is 1. The standard InChI is InChI=1S/C31H33IN4O3S/c1-19-13-23(14-22-11-12-35(17-26(19)22)30(38)39-31(2,3)4)24-15-25-27(18-36(40-32)28(25)33-16-24)20-7-9-21(10-8-20)29(37)34(5)6/h7-10,13-16,18H,11-12,17H2,1-6H3. The predicted molar refractivity (Wildman–Crippen MR) is 171 cm³/mol. The molecule has 2 aromatic carbocycles. The number of hydrogen-bond acceptors (Lipinski definition) is 5. The summed E-state index contributed by atoms with van der Waals surface area (Å²) in [7, 11) is 5.09. The number of carbonyl (C=O) groups excluding carboxylic acids is 2. The van der Waals surface area contributed by atoms with E-state index in [1.54, 1.807) is 33.0 Å². The van der Waals surface area contributed by atoms with Gasteiger partial charge in [0.05, 0.1) is 0 Å². The van der Waals surface area contributed by atoms with Crippen LogP contribution in [0.15, 0.2) is 54.9 Å². The molecule has 0 spiro atoms. The number of ether oxygens (including phenoxy) is 1. The molecule has 0 saturated carbocycles. The molecule has 208 valence electrons. The SMILES string of the molecule is Cc1cc(-c2cnc3c(c2)c(-c2ccc(C(=O)N(C)C)cc2)cn3SI)cc2c1CN(C(=O)OC(C)(C)C)CC2. The molecule has 0 saturated heterocycles. The van der Waals surface area contributed by atoms with Crippen LogP contribution in [0.25, 0.3) is 33.3 Å². The zero-order chi connectivity index (χ0) is 28.8. The van der Waals surface area contributed by atoms with Crippen LogP contribution in [-0.4, -0.2) is 57.0 Å². The maximum atomic E-state index is 12.7. The topological polar surface area (TPSA) is 67.7 Å². The molecule has 0 unspecified atom stereocenters. The highest BCUT2D eigenvalue weighted by molar-refractivity contribution is 14.2. The molecule has 0 aliphatic carbocycles. The van der Waals surface area contributed by atoms with Gasteiger partial charge in [-0.15, -0.1) is 0 Å². The summed E-state index contributed by atoms with van der Waals surface area (Å²) < 4.78 is 7.68. The van der Waals surface area contributed by atoms with Gasteiger partial charge < -0.3 is 14.5 Å². The highest BCUT2D eigenvalue weighted by Gasteiger charge is 2.27. The second-order valence-electron chi connectivity index (χ2n) is 11.4. The Balaban J connectivity index is 1.49. The lowest BCUT2D eigenvalue weighted by Crippen LogP contribution is -2.40. The zero-order valence-electron chi connectivity index (χ0n) is 23.6. The summed E-state index contributed by atoms with van der Waals surface area (Å²) in [5.41, 5.74) is 8.92. The van der Waals surface area contributed by atoms with E-state index in [2.05, 4.69) is 56.5 Å². The molecule has 2 amide bonds. The Morgan fingerprint density at radius 1 is 1.05 bits per heavy atom. The van der Waals surface area contributed by atoms with Crippen molar-refractivity contribution in [3.8, 4) is 22.3 Å². The number of nitrogens with zero attached hydrogens (tertiary/aromatic N) is 4. The molecule has 5 rings (SSSR count). The third-order valence-electron chi connectivity index (χ3n) is 7.09. The van der Waals surface area contributed by atoms with Gasteiger partial charge in [-0.3, -0.25) is 8.77 Å². The van der Waals surface area contributed by atoms with Crippen LogP contribution in [0.3, 0.4) is 0 Å². The Hall–Kier alpha value is -3.05. The fourth-order valence-electron chi connectivity index (χ4n) is 5.08. The molecule has 1 aliphatic heterocycles. The second-order valence-corrected chi connectivity index (χ2v) is 13.1. The van der Waals surface area contributed by atoms with Gasteiger partial charge in [0.2, 0.25) is 0 Å². The van der Waals surface area contributed by atoms with Gasteiger partial charge in [-0.2, -0.15) is 0 Å². The average Bonchev–Trinajstić information content (AvgIpc) is 3.29. The first-order chi connectivity index (χ1) is 18.9. The number of rotatable bonds is 4. The van der Waals surface area contributed by atoms with Crippen molar-refractivity contribution >= 4 is 53.4 Å². The number of carbonyl (C=O) groups is 2. The van der Waals surface area contributed by atoms with Gasteiger partial charge in [-0.1, -0.05) is 24.3 Å². The van der Waals surface area contributed by atoms with Crippen LogP contribution < -0.4 is 0 Å². The van der Waals surface area contributed by atoms with Crippen molar-refractivity contribution in [1.29, 1.82) is 0 Å². The van der Waals surface area contributed by atoms with Crippen LogP contribution in [0.4, 0.5) is 4.79 Å². The van der Waals surface area contributed by atoms with Crippen molar-refractivity contribution < 1.29 is 14.3 Å². The van der Waals surface area contributed by atoms with Gasteiger partial charge in [0.15, 0.2) is 5.65 Å². The number of amides is 2. The zero-order valence-corrected chi connectivity index (χ0v) is 26.6. The number of fused-ring (bicyclic) bond motifs is 2. The van der Waals surface area contributed by atoms with Crippen LogP contribution in [0.1, 0.15) is 47.8 Å². The van der Waals surface area contributed by atoms with E-state index in [4.69, 9.17) is 9.72 Å². The Bertz CT molecular complexity index is 1610. The van der Waals surface area contributed by atoms with Crippen molar-refractivity contribution in [1.82, 2.24) is 18.8 Å². The molecule has 7 nitrogen and oxygen atoms in total. The molecular formula is C31H33IN4O3S. The summed E-state index contributed by atoms with van der Waals surface area (Å²) in [6.45, 7) is 8.98. The van der Waals surface area contributed by atoms with E-state index in [1.165, 1.54) is 11.1 Å². The summed E-state index contributed by atoms with van der Waals surface area (Å²) in [5.74, 6) is -0.0160.